The van der Waals surface area contributed by atoms with Gasteiger partial charge in [-0.2, -0.15) is 0 Å². The van der Waals surface area contributed by atoms with Crippen molar-refractivity contribution in [3.8, 4) is 11.1 Å². The molecular weight excluding hydrogens is 362 g/mol. The molecule has 0 saturated heterocycles. The molecule has 3 heterocycles. The number of hydrogen-bond donors (Lipinski definition) is 2. The van der Waals surface area contributed by atoms with Gasteiger partial charge in [0.05, 0.1) is 5.69 Å². The summed E-state index contributed by atoms with van der Waals surface area (Å²) in [6, 6.07) is 8.59. The summed E-state index contributed by atoms with van der Waals surface area (Å²) in [5.41, 5.74) is 12.9. The fourth-order valence-electron chi connectivity index (χ4n) is 3.97. The highest BCUT2D eigenvalue weighted by Gasteiger charge is 2.23. The van der Waals surface area contributed by atoms with Crippen LogP contribution in [0.3, 0.4) is 0 Å². The average molecular weight is 390 g/mol. The molecule has 3 N–H and O–H groups in total. The summed E-state index contributed by atoms with van der Waals surface area (Å²) < 4.78 is 0. The summed E-state index contributed by atoms with van der Waals surface area (Å²) >= 11 is 0. The van der Waals surface area contributed by atoms with Gasteiger partial charge in [-0.1, -0.05) is 45.0 Å². The summed E-state index contributed by atoms with van der Waals surface area (Å²) in [7, 11) is 0. The van der Waals surface area contributed by atoms with E-state index in [1.165, 1.54) is 5.56 Å². The van der Waals surface area contributed by atoms with Crippen molar-refractivity contribution in [1.29, 1.82) is 0 Å². The highest BCUT2D eigenvalue weighted by molar-refractivity contribution is 5.73. The number of fused-ring (bicyclic) bond motifs is 1. The van der Waals surface area contributed by atoms with Crippen LogP contribution in [0.5, 0.6) is 0 Å². The maximum Gasteiger partial charge on any atom is 0.271 e. The Morgan fingerprint density at radius 3 is 2.59 bits per heavy atom. The summed E-state index contributed by atoms with van der Waals surface area (Å²) in [6.45, 7) is 9.96. The number of nitrogens with one attached hydrogen (secondary N) is 1. The van der Waals surface area contributed by atoms with E-state index in [0.717, 1.165) is 40.9 Å². The standard InChI is InChI=1S/C23H27N5O/c1-14-18(15-5-7-17(8-6-15)23(2,3)4)12-25-21(29)20(14)28-10-9-19-16(13-28)11-26-22(24)27-19/h5-8,11-12H,9-10,13H2,1-4H3,(H,25,29)(H2,24,26,27). The molecule has 1 aliphatic heterocycles. The van der Waals surface area contributed by atoms with E-state index >= 15 is 0 Å². The van der Waals surface area contributed by atoms with E-state index in [2.05, 4.69) is 64.9 Å². The van der Waals surface area contributed by atoms with Gasteiger partial charge in [-0.3, -0.25) is 4.79 Å². The lowest BCUT2D eigenvalue weighted by Gasteiger charge is -2.30. The number of rotatable bonds is 2. The zero-order chi connectivity index (χ0) is 20.8. The predicted molar refractivity (Wildman–Crippen MR) is 117 cm³/mol. The molecule has 0 radical (unpaired) electrons. The van der Waals surface area contributed by atoms with Gasteiger partial charge in [-0.15, -0.1) is 0 Å². The fraction of sp³-hybridized carbons (Fsp3) is 0.348. The Labute approximate surface area is 170 Å². The molecule has 0 bridgehead atoms. The third kappa shape index (κ3) is 3.62. The van der Waals surface area contributed by atoms with Gasteiger partial charge in [0.2, 0.25) is 5.95 Å². The van der Waals surface area contributed by atoms with E-state index in [-0.39, 0.29) is 11.0 Å². The van der Waals surface area contributed by atoms with Crippen LogP contribution < -0.4 is 16.2 Å². The van der Waals surface area contributed by atoms with Crippen LogP contribution in [-0.4, -0.2) is 21.5 Å². The largest absolute Gasteiger partial charge is 0.368 e. The normalized spacial score (nSPS) is 14.0. The van der Waals surface area contributed by atoms with Crippen molar-refractivity contribution in [2.45, 2.75) is 46.1 Å². The SMILES string of the molecule is Cc1c(-c2ccc(C(C)(C)C)cc2)c[nH]c(=O)c1N1CCc2nc(N)ncc2C1. The summed E-state index contributed by atoms with van der Waals surface area (Å²) in [6.07, 6.45) is 4.32. The van der Waals surface area contributed by atoms with Gasteiger partial charge in [0.25, 0.3) is 5.56 Å². The molecule has 0 amide bonds. The van der Waals surface area contributed by atoms with Crippen molar-refractivity contribution in [1.82, 2.24) is 15.0 Å². The van der Waals surface area contributed by atoms with E-state index < -0.39 is 0 Å². The summed E-state index contributed by atoms with van der Waals surface area (Å²) in [5, 5.41) is 0. The number of nitrogens with zero attached hydrogens (tertiary/aromatic N) is 3. The number of H-pyrrole nitrogens is 1. The Kier molecular flexibility index (Phi) is 4.65. The summed E-state index contributed by atoms with van der Waals surface area (Å²) in [4.78, 5) is 26.2. The topological polar surface area (TPSA) is 87.9 Å². The van der Waals surface area contributed by atoms with Gasteiger partial charge in [0, 0.05) is 43.0 Å². The number of nitrogen functional groups attached to an aromatic ring is 1. The molecule has 2 aromatic heterocycles. The van der Waals surface area contributed by atoms with Gasteiger partial charge >= 0.3 is 0 Å². The van der Waals surface area contributed by atoms with Gasteiger partial charge in [-0.05, 0) is 29.0 Å². The van der Waals surface area contributed by atoms with Crippen LogP contribution in [0.25, 0.3) is 11.1 Å². The number of hydrogen-bond acceptors (Lipinski definition) is 5. The predicted octanol–water partition coefficient (Wildman–Crippen LogP) is 3.58. The van der Waals surface area contributed by atoms with Crippen molar-refractivity contribution in [3.05, 3.63) is 69.4 Å². The monoisotopic (exact) mass is 389 g/mol. The van der Waals surface area contributed by atoms with Crippen LogP contribution in [-0.2, 0) is 18.4 Å². The third-order valence-corrected chi connectivity index (χ3v) is 5.65. The molecule has 29 heavy (non-hydrogen) atoms. The van der Waals surface area contributed by atoms with Crippen LogP contribution in [0.2, 0.25) is 0 Å². The lowest BCUT2D eigenvalue weighted by atomic mass is 9.86. The van der Waals surface area contributed by atoms with E-state index in [9.17, 15) is 4.79 Å². The van der Waals surface area contributed by atoms with Crippen LogP contribution in [0.4, 0.5) is 11.6 Å². The second-order valence-corrected chi connectivity index (χ2v) is 8.70. The zero-order valence-corrected chi connectivity index (χ0v) is 17.4. The molecule has 6 nitrogen and oxygen atoms in total. The molecule has 0 atom stereocenters. The van der Waals surface area contributed by atoms with E-state index in [1.54, 1.807) is 6.20 Å². The Balaban J connectivity index is 1.71. The number of pyridine rings is 1. The second kappa shape index (κ2) is 7.03. The Morgan fingerprint density at radius 1 is 1.17 bits per heavy atom. The number of nitrogens with two attached hydrogens (primary N) is 1. The van der Waals surface area contributed by atoms with Crippen molar-refractivity contribution in [3.63, 3.8) is 0 Å². The minimum absolute atomic E-state index is 0.0719. The number of anilines is 2. The maximum absolute atomic E-state index is 12.7. The zero-order valence-electron chi connectivity index (χ0n) is 17.4. The second-order valence-electron chi connectivity index (χ2n) is 8.70. The number of aromatic nitrogens is 3. The lowest BCUT2D eigenvalue weighted by Crippen LogP contribution is -2.35. The average Bonchev–Trinajstić information content (AvgIpc) is 2.67. The Bertz CT molecular complexity index is 1110. The number of benzene rings is 1. The third-order valence-electron chi connectivity index (χ3n) is 5.65. The van der Waals surface area contributed by atoms with Gasteiger partial charge in [0.15, 0.2) is 0 Å². The number of aromatic amines is 1. The van der Waals surface area contributed by atoms with Crippen molar-refractivity contribution >= 4 is 11.6 Å². The highest BCUT2D eigenvalue weighted by Crippen LogP contribution is 2.31. The quantitative estimate of drug-likeness (QED) is 0.699. The first-order valence-corrected chi connectivity index (χ1v) is 9.92. The van der Waals surface area contributed by atoms with Crippen molar-refractivity contribution < 1.29 is 0 Å². The smallest absolute Gasteiger partial charge is 0.271 e. The molecule has 0 saturated carbocycles. The molecule has 0 fully saturated rings. The van der Waals surface area contributed by atoms with Crippen LogP contribution in [0, 0.1) is 6.92 Å². The summed E-state index contributed by atoms with van der Waals surface area (Å²) in [5.74, 6) is 0.298. The maximum atomic E-state index is 12.7. The molecule has 0 unspecified atom stereocenters. The molecule has 0 aliphatic carbocycles. The Hall–Kier alpha value is -3.15. The molecule has 150 valence electrons. The first-order valence-electron chi connectivity index (χ1n) is 9.92. The first-order chi connectivity index (χ1) is 13.7. The van der Waals surface area contributed by atoms with Gasteiger partial charge in [0.1, 0.15) is 5.69 Å². The van der Waals surface area contributed by atoms with Crippen LogP contribution in [0.15, 0.2) is 41.5 Å². The van der Waals surface area contributed by atoms with Crippen molar-refractivity contribution in [2.75, 3.05) is 17.2 Å². The Morgan fingerprint density at radius 2 is 1.90 bits per heavy atom. The molecule has 1 aliphatic rings. The lowest BCUT2D eigenvalue weighted by molar-refractivity contribution is 0.590. The van der Waals surface area contributed by atoms with E-state index in [1.807, 2.05) is 13.1 Å². The molecular formula is C23H27N5O. The van der Waals surface area contributed by atoms with E-state index in [4.69, 9.17) is 5.73 Å². The first kappa shape index (κ1) is 19.2. The fourth-order valence-corrected chi connectivity index (χ4v) is 3.97. The van der Waals surface area contributed by atoms with Gasteiger partial charge < -0.3 is 15.6 Å². The molecule has 4 rings (SSSR count). The molecule has 6 heteroatoms. The molecule has 0 spiro atoms. The highest BCUT2D eigenvalue weighted by atomic mass is 16.1. The minimum Gasteiger partial charge on any atom is -0.368 e. The van der Waals surface area contributed by atoms with Gasteiger partial charge in [-0.25, -0.2) is 9.97 Å². The molecule has 3 aromatic rings. The minimum atomic E-state index is -0.0719. The molecule has 1 aromatic carbocycles. The van der Waals surface area contributed by atoms with Crippen LogP contribution >= 0.6 is 0 Å². The van der Waals surface area contributed by atoms with E-state index in [0.29, 0.717) is 18.2 Å². The van der Waals surface area contributed by atoms with Crippen molar-refractivity contribution in [2.24, 2.45) is 0 Å². The van der Waals surface area contributed by atoms with Crippen LogP contribution in [0.1, 0.15) is 43.2 Å².